The number of carbonyl (C=O) groups is 2. The molecule has 1 heterocycles. The Bertz CT molecular complexity index is 804. The van der Waals surface area contributed by atoms with Crippen molar-refractivity contribution in [1.29, 1.82) is 0 Å². The number of carbonyl (C=O) groups excluding carboxylic acids is 2. The van der Waals surface area contributed by atoms with Crippen molar-refractivity contribution in [3.8, 4) is 0 Å². The summed E-state index contributed by atoms with van der Waals surface area (Å²) in [5, 5.41) is 5.89. The maximum absolute atomic E-state index is 12.9. The minimum atomic E-state index is -0.635. The number of allylic oxidation sites excluding steroid dienone is 1. The van der Waals surface area contributed by atoms with E-state index in [-0.39, 0.29) is 13.2 Å². The third kappa shape index (κ3) is 6.42. The van der Waals surface area contributed by atoms with Crippen LogP contribution in [0.2, 0.25) is 0 Å². The lowest BCUT2D eigenvalue weighted by Gasteiger charge is -2.31. The van der Waals surface area contributed by atoms with Crippen LogP contribution in [0.15, 0.2) is 51.3 Å². The molecule has 1 aliphatic heterocycles. The van der Waals surface area contributed by atoms with E-state index >= 15 is 0 Å². The van der Waals surface area contributed by atoms with Gasteiger partial charge in [-0.05, 0) is 46.5 Å². The Kier molecular flexibility index (Phi) is 11.4. The van der Waals surface area contributed by atoms with Crippen LogP contribution >= 0.6 is 15.9 Å². The fourth-order valence-corrected chi connectivity index (χ4v) is 3.58. The average Bonchev–Trinajstić information content (AvgIpc) is 2.72. The van der Waals surface area contributed by atoms with Crippen LogP contribution in [0.1, 0.15) is 32.3 Å². The molecule has 0 aliphatic carbocycles. The van der Waals surface area contributed by atoms with Crippen LogP contribution in [0, 0.1) is 0 Å². The first-order valence-electron chi connectivity index (χ1n) is 9.74. The molecule has 0 fully saturated rings. The number of dihydropyridines is 1. The minimum Gasteiger partial charge on any atom is -0.466 e. The van der Waals surface area contributed by atoms with Gasteiger partial charge in [0.15, 0.2) is 0 Å². The standard InChI is InChI=1S/C20H24BrNO5.C2H7N/c1-5-26-11-15-18(20(24)27-6-2)17(13-9-7-8-10-14(13)21)16(12(3)22-15)19(23)25-4;1-3-2/h7-10,17,22H,5-6,11H2,1-4H3;3H,1-2H3. The van der Waals surface area contributed by atoms with Gasteiger partial charge in [-0.3, -0.25) is 0 Å². The van der Waals surface area contributed by atoms with E-state index in [1.54, 1.807) is 13.8 Å². The largest absolute Gasteiger partial charge is 0.466 e. The van der Waals surface area contributed by atoms with E-state index < -0.39 is 17.9 Å². The molecule has 0 radical (unpaired) electrons. The highest BCUT2D eigenvalue weighted by Crippen LogP contribution is 2.41. The van der Waals surface area contributed by atoms with Gasteiger partial charge in [0.2, 0.25) is 0 Å². The van der Waals surface area contributed by atoms with Gasteiger partial charge in [0.05, 0.1) is 43.1 Å². The van der Waals surface area contributed by atoms with Gasteiger partial charge in [0.25, 0.3) is 0 Å². The predicted molar refractivity (Wildman–Crippen MR) is 120 cm³/mol. The molecule has 0 aromatic heterocycles. The van der Waals surface area contributed by atoms with Gasteiger partial charge in [-0.15, -0.1) is 0 Å². The van der Waals surface area contributed by atoms with Crippen molar-refractivity contribution in [3.05, 3.63) is 56.8 Å². The van der Waals surface area contributed by atoms with Crippen molar-refractivity contribution in [2.24, 2.45) is 0 Å². The molecule has 1 aromatic rings. The van der Waals surface area contributed by atoms with Gasteiger partial charge in [-0.2, -0.15) is 0 Å². The van der Waals surface area contributed by atoms with Gasteiger partial charge in [-0.1, -0.05) is 34.1 Å². The lowest BCUT2D eigenvalue weighted by molar-refractivity contribution is -0.139. The quantitative estimate of drug-likeness (QED) is 0.576. The number of nitrogens with one attached hydrogen (secondary N) is 2. The van der Waals surface area contributed by atoms with Crippen LogP contribution in [-0.4, -0.2) is 53.0 Å². The molecule has 0 saturated heterocycles. The second kappa shape index (κ2) is 13.2. The fraction of sp³-hybridized carbons (Fsp3) is 0.455. The summed E-state index contributed by atoms with van der Waals surface area (Å²) in [4.78, 5) is 25.4. The Hall–Kier alpha value is -2.16. The first-order valence-corrected chi connectivity index (χ1v) is 10.5. The number of esters is 2. The zero-order chi connectivity index (χ0) is 22.7. The third-order valence-electron chi connectivity index (χ3n) is 4.21. The molecule has 1 atom stereocenters. The highest BCUT2D eigenvalue weighted by Gasteiger charge is 2.39. The van der Waals surface area contributed by atoms with Crippen LogP contribution in [0.25, 0.3) is 0 Å². The van der Waals surface area contributed by atoms with Gasteiger partial charge >= 0.3 is 11.9 Å². The number of methoxy groups -OCH3 is 1. The van der Waals surface area contributed by atoms with E-state index in [0.29, 0.717) is 29.1 Å². The molecule has 0 spiro atoms. The molecule has 1 aliphatic rings. The van der Waals surface area contributed by atoms with Crippen LogP contribution < -0.4 is 10.6 Å². The molecule has 2 N–H and O–H groups in total. The summed E-state index contributed by atoms with van der Waals surface area (Å²) in [6.45, 7) is 6.33. The van der Waals surface area contributed by atoms with Crippen LogP contribution in [0.4, 0.5) is 0 Å². The fourth-order valence-electron chi connectivity index (χ4n) is 3.07. The summed E-state index contributed by atoms with van der Waals surface area (Å²) in [5.74, 6) is -1.63. The van der Waals surface area contributed by atoms with E-state index in [2.05, 4.69) is 26.6 Å². The first-order chi connectivity index (χ1) is 14.4. The van der Waals surface area contributed by atoms with Crippen LogP contribution in [0.5, 0.6) is 0 Å². The number of benzene rings is 1. The Morgan fingerprint density at radius 1 is 1.10 bits per heavy atom. The van der Waals surface area contributed by atoms with E-state index in [1.165, 1.54) is 7.11 Å². The summed E-state index contributed by atoms with van der Waals surface area (Å²) in [5.41, 5.74) is 2.69. The van der Waals surface area contributed by atoms with E-state index in [4.69, 9.17) is 14.2 Å². The molecule has 7 nitrogen and oxygen atoms in total. The lowest BCUT2D eigenvalue weighted by Crippen LogP contribution is -2.34. The second-order valence-corrected chi connectivity index (χ2v) is 7.21. The molecular weight excluding hydrogens is 452 g/mol. The highest BCUT2D eigenvalue weighted by atomic mass is 79.9. The molecule has 166 valence electrons. The molecule has 8 heteroatoms. The number of halogens is 1. The van der Waals surface area contributed by atoms with Crippen LogP contribution in [0.3, 0.4) is 0 Å². The van der Waals surface area contributed by atoms with Crippen molar-refractivity contribution < 1.29 is 23.8 Å². The molecule has 1 unspecified atom stereocenters. The maximum atomic E-state index is 12.9. The van der Waals surface area contributed by atoms with Crippen molar-refractivity contribution in [2.45, 2.75) is 26.7 Å². The highest BCUT2D eigenvalue weighted by molar-refractivity contribution is 9.10. The predicted octanol–water partition coefficient (Wildman–Crippen LogP) is 3.27. The zero-order valence-electron chi connectivity index (χ0n) is 18.4. The lowest BCUT2D eigenvalue weighted by atomic mass is 9.80. The molecule has 2 rings (SSSR count). The minimum absolute atomic E-state index is 0.206. The van der Waals surface area contributed by atoms with Crippen molar-refractivity contribution in [2.75, 3.05) is 41.0 Å². The molecule has 30 heavy (non-hydrogen) atoms. The first kappa shape index (κ1) is 25.9. The topological polar surface area (TPSA) is 85.9 Å². The molecule has 0 bridgehead atoms. The monoisotopic (exact) mass is 482 g/mol. The van der Waals surface area contributed by atoms with Gasteiger partial charge in [-0.25, -0.2) is 9.59 Å². The molecule has 1 aromatic carbocycles. The van der Waals surface area contributed by atoms with Gasteiger partial charge < -0.3 is 24.8 Å². The summed E-state index contributed by atoms with van der Waals surface area (Å²) >= 11 is 3.54. The zero-order valence-corrected chi connectivity index (χ0v) is 20.0. The summed E-state index contributed by atoms with van der Waals surface area (Å²) in [6, 6.07) is 7.47. The molecule has 0 amide bonds. The third-order valence-corrected chi connectivity index (χ3v) is 4.93. The van der Waals surface area contributed by atoms with Crippen molar-refractivity contribution in [3.63, 3.8) is 0 Å². The summed E-state index contributed by atoms with van der Waals surface area (Å²) in [6.07, 6.45) is 0. The van der Waals surface area contributed by atoms with Crippen molar-refractivity contribution in [1.82, 2.24) is 10.6 Å². The Morgan fingerprint density at radius 3 is 2.27 bits per heavy atom. The molecular formula is C22H31BrN2O5. The van der Waals surface area contributed by atoms with Crippen molar-refractivity contribution >= 4 is 27.9 Å². The SMILES string of the molecule is CCOCC1=C(C(=O)OCC)C(c2ccccc2Br)C(C(=O)OC)=C(C)N1.CNC. The smallest absolute Gasteiger partial charge is 0.336 e. The van der Waals surface area contributed by atoms with Gasteiger partial charge in [0, 0.05) is 16.8 Å². The van der Waals surface area contributed by atoms with Crippen LogP contribution in [-0.2, 0) is 23.8 Å². The Morgan fingerprint density at radius 2 is 1.73 bits per heavy atom. The summed E-state index contributed by atoms with van der Waals surface area (Å²) < 4.78 is 16.6. The maximum Gasteiger partial charge on any atom is 0.336 e. The Balaban J connectivity index is 0.00000141. The van der Waals surface area contributed by atoms with E-state index in [0.717, 1.165) is 10.0 Å². The molecule has 0 saturated carbocycles. The second-order valence-electron chi connectivity index (χ2n) is 6.36. The number of hydrogen-bond donors (Lipinski definition) is 2. The number of hydrogen-bond acceptors (Lipinski definition) is 7. The van der Waals surface area contributed by atoms with E-state index in [9.17, 15) is 9.59 Å². The van der Waals surface area contributed by atoms with Gasteiger partial charge in [0.1, 0.15) is 0 Å². The average molecular weight is 483 g/mol. The summed E-state index contributed by atoms with van der Waals surface area (Å²) in [7, 11) is 5.07. The Labute approximate surface area is 187 Å². The number of ether oxygens (including phenoxy) is 3. The normalized spacial score (nSPS) is 15.8. The van der Waals surface area contributed by atoms with E-state index in [1.807, 2.05) is 45.3 Å². The number of rotatable bonds is 7.